The molecule has 1 amide bonds. The predicted octanol–water partition coefficient (Wildman–Crippen LogP) is 3.70. The molecule has 4 aliphatic rings. The van der Waals surface area contributed by atoms with E-state index in [9.17, 15) is 9.90 Å². The molecule has 2 saturated heterocycles. The summed E-state index contributed by atoms with van der Waals surface area (Å²) in [7, 11) is 0. The Bertz CT molecular complexity index is 1190. The third kappa shape index (κ3) is 5.82. The molecule has 0 bridgehead atoms. The van der Waals surface area contributed by atoms with Crippen molar-refractivity contribution in [2.24, 2.45) is 5.92 Å². The van der Waals surface area contributed by atoms with Crippen LogP contribution in [0.15, 0.2) is 36.4 Å². The molecule has 2 N–H and O–H groups in total. The average Bonchev–Trinajstić information content (AvgIpc) is 3.64. The zero-order chi connectivity index (χ0) is 27.0. The van der Waals surface area contributed by atoms with Gasteiger partial charge in [0.15, 0.2) is 11.5 Å². The van der Waals surface area contributed by atoms with Crippen molar-refractivity contribution in [2.45, 2.75) is 63.7 Å². The van der Waals surface area contributed by atoms with Gasteiger partial charge in [-0.25, -0.2) is 0 Å². The molecule has 0 aliphatic carbocycles. The molecule has 3 atom stereocenters. The lowest BCUT2D eigenvalue weighted by atomic mass is 9.94. The van der Waals surface area contributed by atoms with Crippen molar-refractivity contribution in [2.75, 3.05) is 50.8 Å². The molecule has 210 valence electrons. The Morgan fingerprint density at radius 2 is 1.85 bits per heavy atom. The molecule has 0 saturated carbocycles. The molecule has 4 heterocycles. The van der Waals surface area contributed by atoms with Crippen LogP contribution < -0.4 is 24.4 Å². The van der Waals surface area contributed by atoms with E-state index in [1.807, 2.05) is 18.2 Å². The number of hydrogen-bond acceptors (Lipinski definition) is 7. The number of ether oxygens (including phenoxy) is 3. The van der Waals surface area contributed by atoms with E-state index in [4.69, 9.17) is 14.2 Å². The quantitative estimate of drug-likeness (QED) is 0.559. The molecule has 0 aromatic heterocycles. The number of anilines is 1. The van der Waals surface area contributed by atoms with E-state index in [-0.39, 0.29) is 17.4 Å². The molecule has 39 heavy (non-hydrogen) atoms. The van der Waals surface area contributed by atoms with Gasteiger partial charge in [0.05, 0.1) is 12.0 Å². The fourth-order valence-electron chi connectivity index (χ4n) is 6.28. The smallest absolute Gasteiger partial charge is 0.225 e. The highest BCUT2D eigenvalue weighted by molar-refractivity contribution is 5.80. The van der Waals surface area contributed by atoms with Gasteiger partial charge < -0.3 is 34.4 Å². The molecule has 8 heteroatoms. The third-order valence-corrected chi connectivity index (χ3v) is 8.63. The summed E-state index contributed by atoms with van der Waals surface area (Å²) in [6, 6.07) is 11.6. The Balaban J connectivity index is 1.14. The molecule has 2 aromatic rings. The number of aliphatic hydroxyl groups excluding tert-OH is 1. The summed E-state index contributed by atoms with van der Waals surface area (Å²) in [4.78, 5) is 18.2. The van der Waals surface area contributed by atoms with Crippen molar-refractivity contribution in [3.63, 3.8) is 0 Å². The van der Waals surface area contributed by atoms with Crippen molar-refractivity contribution in [3.8, 4) is 17.2 Å². The molecule has 2 fully saturated rings. The second-order valence-electron chi connectivity index (χ2n) is 12.1. The van der Waals surface area contributed by atoms with Crippen LogP contribution in [0, 0.1) is 5.92 Å². The number of nitrogens with zero attached hydrogens (tertiary/aromatic N) is 2. The molecular weight excluding hydrogens is 494 g/mol. The van der Waals surface area contributed by atoms with E-state index in [0.717, 1.165) is 68.7 Å². The van der Waals surface area contributed by atoms with Crippen molar-refractivity contribution in [1.29, 1.82) is 0 Å². The summed E-state index contributed by atoms with van der Waals surface area (Å²) < 4.78 is 17.6. The minimum absolute atomic E-state index is 0.00799. The van der Waals surface area contributed by atoms with Gasteiger partial charge in [0.2, 0.25) is 5.91 Å². The minimum atomic E-state index is -0.843. The van der Waals surface area contributed by atoms with Gasteiger partial charge in [-0.3, -0.25) is 4.79 Å². The second kappa shape index (κ2) is 10.9. The number of likely N-dealkylation sites (tertiary alicyclic amines) is 1. The lowest BCUT2D eigenvalue weighted by Crippen LogP contribution is -2.48. The Morgan fingerprint density at radius 3 is 2.67 bits per heavy atom. The largest absolute Gasteiger partial charge is 0.487 e. The van der Waals surface area contributed by atoms with Crippen LogP contribution in [0.4, 0.5) is 5.69 Å². The first kappa shape index (κ1) is 26.3. The van der Waals surface area contributed by atoms with Gasteiger partial charge in [-0.15, -0.1) is 0 Å². The Hall–Kier alpha value is -2.97. The van der Waals surface area contributed by atoms with Crippen LogP contribution in [0.5, 0.6) is 17.2 Å². The highest BCUT2D eigenvalue weighted by Crippen LogP contribution is 2.37. The van der Waals surface area contributed by atoms with E-state index in [2.05, 4.69) is 47.2 Å². The highest BCUT2D eigenvalue weighted by atomic mass is 16.6. The summed E-state index contributed by atoms with van der Waals surface area (Å²) >= 11 is 0. The maximum absolute atomic E-state index is 13.6. The summed E-state index contributed by atoms with van der Waals surface area (Å²) in [6.45, 7) is 9.38. The van der Waals surface area contributed by atoms with Gasteiger partial charge in [0.25, 0.3) is 0 Å². The molecule has 0 spiro atoms. The first-order valence-corrected chi connectivity index (χ1v) is 14.5. The summed E-state index contributed by atoms with van der Waals surface area (Å²) in [5, 5.41) is 14.7. The van der Waals surface area contributed by atoms with Gasteiger partial charge >= 0.3 is 0 Å². The maximum Gasteiger partial charge on any atom is 0.225 e. The highest BCUT2D eigenvalue weighted by Gasteiger charge is 2.34. The van der Waals surface area contributed by atoms with Gasteiger partial charge in [0, 0.05) is 31.4 Å². The minimum Gasteiger partial charge on any atom is -0.487 e. The van der Waals surface area contributed by atoms with Gasteiger partial charge in [-0.2, -0.15) is 0 Å². The van der Waals surface area contributed by atoms with Crippen molar-refractivity contribution < 1.29 is 24.1 Å². The van der Waals surface area contributed by atoms with Gasteiger partial charge in [0.1, 0.15) is 30.7 Å². The fourth-order valence-corrected chi connectivity index (χ4v) is 6.28. The molecule has 8 nitrogen and oxygen atoms in total. The summed E-state index contributed by atoms with van der Waals surface area (Å²) in [5.41, 5.74) is 2.94. The van der Waals surface area contributed by atoms with E-state index in [1.54, 1.807) is 0 Å². The predicted molar refractivity (Wildman–Crippen MR) is 150 cm³/mol. The van der Waals surface area contributed by atoms with Crippen LogP contribution in [0.25, 0.3) is 0 Å². The number of nitrogens with one attached hydrogen (secondary N) is 1. The number of hydrogen-bond donors (Lipinski definition) is 2. The van der Waals surface area contributed by atoms with Crippen molar-refractivity contribution in [3.05, 3.63) is 47.5 Å². The average molecular weight is 536 g/mol. The molecule has 2 unspecified atom stereocenters. The van der Waals surface area contributed by atoms with Crippen LogP contribution in [-0.2, 0) is 11.2 Å². The van der Waals surface area contributed by atoms with E-state index >= 15 is 0 Å². The Labute approximate surface area is 231 Å². The Kier molecular flexibility index (Phi) is 7.33. The van der Waals surface area contributed by atoms with E-state index in [1.165, 1.54) is 5.56 Å². The van der Waals surface area contributed by atoms with Crippen LogP contribution in [-0.4, -0.2) is 73.5 Å². The van der Waals surface area contributed by atoms with Crippen molar-refractivity contribution in [1.82, 2.24) is 10.2 Å². The zero-order valence-electron chi connectivity index (χ0n) is 23.2. The first-order valence-electron chi connectivity index (χ1n) is 14.5. The molecule has 0 radical (unpaired) electrons. The second-order valence-corrected chi connectivity index (χ2v) is 12.1. The van der Waals surface area contributed by atoms with Crippen molar-refractivity contribution >= 4 is 11.6 Å². The maximum atomic E-state index is 13.6. The number of carbonyl (C=O) groups excluding carboxylic acids is 1. The monoisotopic (exact) mass is 535 g/mol. The van der Waals surface area contributed by atoms with Gasteiger partial charge in [-0.1, -0.05) is 12.1 Å². The third-order valence-electron chi connectivity index (χ3n) is 8.63. The number of rotatable bonds is 7. The number of aryl methyl sites for hydroxylation is 1. The molecule has 6 rings (SSSR count). The lowest BCUT2D eigenvalue weighted by Gasteiger charge is -2.33. The van der Waals surface area contributed by atoms with E-state index < -0.39 is 12.1 Å². The standard InChI is InChI=1S/C31H41N3O5/c1-31(2)11-9-21-5-7-24(18-27(21)39-31)34-14-10-23(19-34)30(36)32-25(20-33-12-3-4-13-33)29(35)22-6-8-26-28(17-22)38-16-15-37-26/h5-8,17-18,23,25,29,35H,3-4,9-16,19-20H2,1-2H3,(H,32,36)/t23-,25?,29?/m1/s1. The summed E-state index contributed by atoms with van der Waals surface area (Å²) in [6.07, 6.45) is 4.29. The van der Waals surface area contributed by atoms with Crippen LogP contribution >= 0.6 is 0 Å². The van der Waals surface area contributed by atoms with Crippen LogP contribution in [0.2, 0.25) is 0 Å². The van der Waals surface area contributed by atoms with Gasteiger partial charge in [-0.05, 0) is 88.4 Å². The van der Waals surface area contributed by atoms with Crippen LogP contribution in [0.3, 0.4) is 0 Å². The lowest BCUT2D eigenvalue weighted by molar-refractivity contribution is -0.126. The Morgan fingerprint density at radius 1 is 1.05 bits per heavy atom. The SMILES string of the molecule is CC1(C)CCc2ccc(N3CC[C@@H](C(=O)NC(CN4CCCC4)C(O)c4ccc5c(c4)OCCO5)C3)cc2O1. The number of carbonyl (C=O) groups is 1. The normalized spacial score (nSPS) is 23.6. The summed E-state index contributed by atoms with van der Waals surface area (Å²) in [5.74, 6) is 2.18. The number of benzene rings is 2. The van der Waals surface area contributed by atoms with E-state index in [0.29, 0.717) is 37.8 Å². The first-order chi connectivity index (χ1) is 18.8. The molecular formula is C31H41N3O5. The molecule has 4 aliphatic heterocycles. The van der Waals surface area contributed by atoms with Crippen LogP contribution in [0.1, 0.15) is 56.8 Å². The topological polar surface area (TPSA) is 83.5 Å². The fraction of sp³-hybridized carbons (Fsp3) is 0.581. The number of aliphatic hydroxyl groups is 1. The number of fused-ring (bicyclic) bond motifs is 2. The molecule has 2 aromatic carbocycles. The number of amides is 1. The zero-order valence-corrected chi connectivity index (χ0v) is 23.2.